The maximum atomic E-state index is 14.6. The fourth-order valence-corrected chi connectivity index (χ4v) is 8.24. The van der Waals surface area contributed by atoms with Crippen molar-refractivity contribution in [2.45, 2.75) is 126 Å². The number of nitrogens with one attached hydrogen (secondary N) is 13. The van der Waals surface area contributed by atoms with Crippen molar-refractivity contribution in [3.05, 3.63) is 71.9 Å². The van der Waals surface area contributed by atoms with Gasteiger partial charge in [0.15, 0.2) is 11.9 Å². The number of hydrogen-bond acceptors (Lipinski definition) is 12. The number of carboxylic acid groups (broad SMARTS) is 1. The van der Waals surface area contributed by atoms with Gasteiger partial charge < -0.3 is 80.5 Å². The zero-order valence-corrected chi connectivity index (χ0v) is 42.2. The van der Waals surface area contributed by atoms with Gasteiger partial charge in [-0.05, 0) is 68.6 Å². The zero-order chi connectivity index (χ0) is 55.7. The summed E-state index contributed by atoms with van der Waals surface area (Å²) >= 11 is 0. The van der Waals surface area contributed by atoms with E-state index in [-0.39, 0.29) is 89.3 Å². The third kappa shape index (κ3) is 20.6. The largest absolute Gasteiger partial charge is 0.480 e. The smallest absolute Gasteiger partial charge is 0.326 e. The van der Waals surface area contributed by atoms with Crippen molar-refractivity contribution in [1.29, 1.82) is 10.8 Å². The molecule has 7 atom stereocenters. The summed E-state index contributed by atoms with van der Waals surface area (Å²) in [5.74, 6) is -9.69. The summed E-state index contributed by atoms with van der Waals surface area (Å²) in [6.45, 7) is 1.30. The van der Waals surface area contributed by atoms with E-state index in [4.69, 9.17) is 28.0 Å². The second kappa shape index (κ2) is 30.4. The van der Waals surface area contributed by atoms with Crippen molar-refractivity contribution in [3.63, 3.8) is 0 Å². The Bertz CT molecular complexity index is 2560. The Kier molecular flexibility index (Phi) is 23.9. The van der Waals surface area contributed by atoms with E-state index in [1.807, 2.05) is 0 Å². The van der Waals surface area contributed by atoms with Crippen LogP contribution in [0.25, 0.3) is 10.9 Å². The number of primary amides is 1. The van der Waals surface area contributed by atoms with Crippen molar-refractivity contribution < 1.29 is 53.1 Å². The average molecular weight is 1060 g/mol. The SMILES string of the molecule is CC(=O)N[C@H](CCCNC(=N)N)C(=O)N[C@H]1CCC(=O)NCCCC(C(=O)O)NC(=O)[C@H](Cc2c[nH]c3ccccc23)NC(=O)[C@H](CCCNC(=N)N)NC(=O)C(Cc2ccccc2)NC(=O)C(CCC(N)=O)NC1=O. The molecule has 0 aliphatic carbocycles. The summed E-state index contributed by atoms with van der Waals surface area (Å²) in [7, 11) is 0. The number of para-hydroxylation sites is 1. The first-order chi connectivity index (χ1) is 36.2. The molecule has 9 amide bonds. The molecule has 0 spiro atoms. The Morgan fingerprint density at radius 2 is 1.29 bits per heavy atom. The van der Waals surface area contributed by atoms with E-state index in [1.165, 1.54) is 6.92 Å². The number of carbonyl (C=O) groups is 10. The Labute approximate surface area is 437 Å². The molecule has 1 aromatic heterocycles. The van der Waals surface area contributed by atoms with Crippen molar-refractivity contribution in [2.24, 2.45) is 17.2 Å². The molecule has 3 aromatic rings. The first-order valence-electron chi connectivity index (χ1n) is 24.8. The maximum Gasteiger partial charge on any atom is 0.326 e. The monoisotopic (exact) mass is 1060 g/mol. The summed E-state index contributed by atoms with van der Waals surface area (Å²) in [4.78, 5) is 139. The number of amides is 9. The second-order valence-corrected chi connectivity index (χ2v) is 18.2. The highest BCUT2D eigenvalue weighted by atomic mass is 16.4. The van der Waals surface area contributed by atoms with Crippen LogP contribution in [0.2, 0.25) is 0 Å². The van der Waals surface area contributed by atoms with E-state index in [0.29, 0.717) is 16.5 Å². The first-order valence-corrected chi connectivity index (χ1v) is 24.8. The van der Waals surface area contributed by atoms with Crippen LogP contribution in [-0.4, -0.2) is 143 Å². The predicted octanol–water partition coefficient (Wildman–Crippen LogP) is -3.07. The van der Waals surface area contributed by atoms with E-state index in [0.717, 1.165) is 5.52 Å². The van der Waals surface area contributed by atoms with Gasteiger partial charge in [-0.15, -0.1) is 0 Å². The Hall–Kier alpha value is -8.78. The number of nitrogens with two attached hydrogens (primary N) is 3. The van der Waals surface area contributed by atoms with Crippen molar-refractivity contribution >= 4 is 82.0 Å². The molecule has 412 valence electrons. The van der Waals surface area contributed by atoms with E-state index < -0.39 is 121 Å². The highest BCUT2D eigenvalue weighted by Gasteiger charge is 2.35. The van der Waals surface area contributed by atoms with Crippen LogP contribution in [0.15, 0.2) is 60.8 Å². The summed E-state index contributed by atoms with van der Waals surface area (Å²) in [5, 5.41) is 51.9. The van der Waals surface area contributed by atoms with E-state index in [1.54, 1.807) is 60.8 Å². The van der Waals surface area contributed by atoms with Crippen LogP contribution >= 0.6 is 0 Å². The lowest BCUT2D eigenvalue weighted by molar-refractivity contribution is -0.142. The quantitative estimate of drug-likeness (QED) is 0.0322. The summed E-state index contributed by atoms with van der Waals surface area (Å²) in [6, 6.07) is 5.34. The molecule has 27 nitrogen and oxygen atoms in total. The second-order valence-electron chi connectivity index (χ2n) is 18.2. The van der Waals surface area contributed by atoms with Crippen molar-refractivity contribution in [1.82, 2.24) is 58.2 Å². The van der Waals surface area contributed by atoms with Gasteiger partial charge >= 0.3 is 5.97 Å². The normalized spacial score (nSPS) is 20.9. The van der Waals surface area contributed by atoms with E-state index in [9.17, 15) is 53.1 Å². The lowest BCUT2D eigenvalue weighted by atomic mass is 10.0. The molecule has 2 heterocycles. The third-order valence-corrected chi connectivity index (χ3v) is 12.2. The van der Waals surface area contributed by atoms with Crippen LogP contribution in [0.4, 0.5) is 0 Å². The molecule has 3 unspecified atom stereocenters. The highest BCUT2D eigenvalue weighted by molar-refractivity contribution is 5.98. The van der Waals surface area contributed by atoms with E-state index >= 15 is 0 Å². The lowest BCUT2D eigenvalue weighted by Gasteiger charge is -2.28. The number of guanidine groups is 2. The molecule has 4 rings (SSSR count). The fraction of sp³-hybridized carbons (Fsp3) is 0.469. The number of benzene rings is 2. The van der Waals surface area contributed by atoms with Gasteiger partial charge in [0, 0.05) is 69.3 Å². The molecular formula is C49H70N16O11. The molecule has 1 aliphatic rings. The van der Waals surface area contributed by atoms with E-state index in [2.05, 4.69) is 58.2 Å². The molecule has 0 saturated carbocycles. The lowest BCUT2D eigenvalue weighted by Crippen LogP contribution is -2.60. The van der Waals surface area contributed by atoms with Crippen LogP contribution in [0.5, 0.6) is 0 Å². The number of carbonyl (C=O) groups excluding carboxylic acids is 9. The van der Waals surface area contributed by atoms with Crippen molar-refractivity contribution in [2.75, 3.05) is 19.6 Å². The molecule has 0 bridgehead atoms. The van der Waals surface area contributed by atoms with Gasteiger partial charge in [0.05, 0.1) is 0 Å². The van der Waals surface area contributed by atoms with Gasteiger partial charge in [-0.2, -0.15) is 0 Å². The molecule has 1 fully saturated rings. The van der Waals surface area contributed by atoms with Crippen molar-refractivity contribution in [3.8, 4) is 0 Å². The Morgan fingerprint density at radius 1 is 0.711 bits per heavy atom. The summed E-state index contributed by atoms with van der Waals surface area (Å²) < 4.78 is 0. The molecule has 2 aromatic carbocycles. The maximum absolute atomic E-state index is 14.6. The van der Waals surface area contributed by atoms with Gasteiger partial charge in [-0.3, -0.25) is 54.0 Å². The topological polar surface area (TPSA) is 453 Å². The Morgan fingerprint density at radius 3 is 1.93 bits per heavy atom. The predicted molar refractivity (Wildman–Crippen MR) is 277 cm³/mol. The first kappa shape index (κ1) is 59.8. The number of aromatic nitrogens is 1. The van der Waals surface area contributed by atoms with Crippen LogP contribution < -0.4 is 70.4 Å². The average Bonchev–Trinajstić information content (AvgIpc) is 3.78. The summed E-state index contributed by atoms with van der Waals surface area (Å²) in [5.41, 5.74) is 18.2. The molecule has 27 heteroatoms. The highest BCUT2D eigenvalue weighted by Crippen LogP contribution is 2.20. The fourth-order valence-electron chi connectivity index (χ4n) is 8.24. The number of carboxylic acids is 1. The van der Waals surface area contributed by atoms with Gasteiger partial charge in [0.2, 0.25) is 53.2 Å². The summed E-state index contributed by atoms with van der Waals surface area (Å²) in [6.07, 6.45) is -0.257. The molecule has 0 radical (unpaired) electrons. The molecule has 20 N–H and O–H groups in total. The van der Waals surface area contributed by atoms with Crippen LogP contribution in [-0.2, 0) is 60.8 Å². The minimum atomic E-state index is -1.60. The van der Waals surface area contributed by atoms with Gasteiger partial charge in [-0.25, -0.2) is 4.79 Å². The number of fused-ring (bicyclic) bond motifs is 1. The number of H-pyrrole nitrogens is 1. The molecule has 76 heavy (non-hydrogen) atoms. The molecule has 1 aliphatic heterocycles. The number of hydrogen-bond donors (Lipinski definition) is 17. The number of rotatable bonds is 19. The molecule has 1 saturated heterocycles. The Balaban J connectivity index is 1.78. The number of aliphatic carboxylic acids is 1. The van der Waals surface area contributed by atoms with Crippen LogP contribution in [0.1, 0.15) is 82.3 Å². The number of aromatic amines is 1. The zero-order valence-electron chi connectivity index (χ0n) is 42.2. The molecular weight excluding hydrogens is 989 g/mol. The van der Waals surface area contributed by atoms with Gasteiger partial charge in [0.1, 0.15) is 42.3 Å². The third-order valence-electron chi connectivity index (χ3n) is 12.2. The standard InChI is InChI=1S/C49H70N16O11/c1-27(66)59-32(14-7-22-56-48(51)52)41(69)62-35-18-20-40(68)55-21-9-16-36(47(75)76)63-46(74)38(25-29-26-58-31-13-6-5-12-30(29)31)65-42(70)33(15-8-23-57-49(53)54)60-45(73)37(24-28-10-3-2-4-11-28)64-44(72)34(61-43(35)71)17-19-39(50)67/h2-6,10-13,26,32-38,58H,7-9,14-25H2,1H3,(H2,50,67)(H,55,68)(H,59,66)(H,60,73)(H,61,71)(H,62,69)(H,63,74)(H,64,72)(H,65,70)(H,75,76)(H4,51,52,56)(H4,53,54,57)/t32-,33+,34?,35+,36?,37?,38+/m1/s1. The van der Waals surface area contributed by atoms with Crippen LogP contribution in [0, 0.1) is 10.8 Å². The van der Waals surface area contributed by atoms with Crippen LogP contribution in [0.3, 0.4) is 0 Å². The minimum absolute atomic E-state index is 0.00931. The van der Waals surface area contributed by atoms with Gasteiger partial charge in [-0.1, -0.05) is 48.5 Å². The van der Waals surface area contributed by atoms with Gasteiger partial charge in [0.25, 0.3) is 0 Å². The minimum Gasteiger partial charge on any atom is -0.480 e.